The second-order valence-corrected chi connectivity index (χ2v) is 8.30. The second-order valence-electron chi connectivity index (χ2n) is 6.39. The molecule has 0 bridgehead atoms. The van der Waals surface area contributed by atoms with Gasteiger partial charge < -0.3 is 5.32 Å². The lowest BCUT2D eigenvalue weighted by molar-refractivity contribution is -0.117. The quantitative estimate of drug-likeness (QED) is 0.637. The second kappa shape index (κ2) is 7.21. The molecule has 4 rings (SSSR count). The number of rotatable bonds is 5. The lowest BCUT2D eigenvalue weighted by Crippen LogP contribution is -2.12. The van der Waals surface area contributed by atoms with E-state index in [1.165, 1.54) is 34.8 Å². The van der Waals surface area contributed by atoms with E-state index in [4.69, 9.17) is 0 Å². The molecule has 2 amide bonds. The summed E-state index contributed by atoms with van der Waals surface area (Å²) >= 11 is 2.56. The number of anilines is 2. The smallest absolute Gasteiger partial charge is 0.267 e. The van der Waals surface area contributed by atoms with Crippen molar-refractivity contribution < 1.29 is 14.0 Å². The Kier molecular flexibility index (Phi) is 4.75. The maximum atomic E-state index is 13.0. The molecule has 2 heterocycles. The average molecular weight is 401 g/mol. The first kappa shape index (κ1) is 17.8. The number of nitrogens with zero attached hydrogens (tertiary/aromatic N) is 1. The highest BCUT2D eigenvalue weighted by Crippen LogP contribution is 2.33. The third-order valence-electron chi connectivity index (χ3n) is 4.18. The summed E-state index contributed by atoms with van der Waals surface area (Å²) in [5, 5.41) is 8.62. The van der Waals surface area contributed by atoms with Crippen molar-refractivity contribution in [1.29, 1.82) is 0 Å². The van der Waals surface area contributed by atoms with Gasteiger partial charge in [0.2, 0.25) is 5.91 Å². The molecule has 1 aliphatic rings. The molecule has 8 heteroatoms. The first-order chi connectivity index (χ1) is 13.0. The molecule has 0 unspecified atom stereocenters. The summed E-state index contributed by atoms with van der Waals surface area (Å²) in [4.78, 5) is 29.4. The van der Waals surface area contributed by atoms with E-state index < -0.39 is 0 Å². The van der Waals surface area contributed by atoms with Crippen LogP contribution in [0.4, 0.5) is 14.5 Å². The summed E-state index contributed by atoms with van der Waals surface area (Å²) in [7, 11) is 0. The van der Waals surface area contributed by atoms with Gasteiger partial charge in [0.15, 0.2) is 5.13 Å². The zero-order valence-electron chi connectivity index (χ0n) is 14.4. The Balaban J connectivity index is 1.45. The van der Waals surface area contributed by atoms with Crippen LogP contribution in [0.1, 0.15) is 28.1 Å². The van der Waals surface area contributed by atoms with Gasteiger partial charge in [0.1, 0.15) is 5.82 Å². The third kappa shape index (κ3) is 4.06. The SMILES string of the molecule is Cc1cc(NC(=O)C2CC2)sc1C(=O)Nc1nc(-c2ccc(F)cc2)cs1. The summed E-state index contributed by atoms with van der Waals surface area (Å²) in [5.74, 6) is -0.429. The number of aromatic nitrogens is 1. The monoisotopic (exact) mass is 401 g/mol. The van der Waals surface area contributed by atoms with Gasteiger partial charge in [0.05, 0.1) is 15.6 Å². The third-order valence-corrected chi connectivity index (χ3v) is 6.09. The molecule has 0 aliphatic heterocycles. The first-order valence-electron chi connectivity index (χ1n) is 8.44. The minimum Gasteiger partial charge on any atom is -0.317 e. The molecule has 1 aliphatic carbocycles. The van der Waals surface area contributed by atoms with Gasteiger partial charge in [-0.3, -0.25) is 14.9 Å². The van der Waals surface area contributed by atoms with Crippen LogP contribution < -0.4 is 10.6 Å². The average Bonchev–Trinajstić information content (AvgIpc) is 3.29. The van der Waals surface area contributed by atoms with Crippen LogP contribution in [0.25, 0.3) is 11.3 Å². The van der Waals surface area contributed by atoms with E-state index in [1.807, 2.05) is 18.4 Å². The Hall–Kier alpha value is -2.58. The van der Waals surface area contributed by atoms with Crippen LogP contribution in [0, 0.1) is 18.7 Å². The van der Waals surface area contributed by atoms with Crippen LogP contribution in [-0.4, -0.2) is 16.8 Å². The van der Waals surface area contributed by atoms with E-state index in [1.54, 1.807) is 12.1 Å². The molecule has 1 aromatic carbocycles. The number of nitrogens with one attached hydrogen (secondary N) is 2. The maximum Gasteiger partial charge on any atom is 0.267 e. The predicted octanol–water partition coefficient (Wildman–Crippen LogP) is 4.92. The minimum atomic E-state index is -0.305. The normalized spacial score (nSPS) is 13.4. The van der Waals surface area contributed by atoms with E-state index in [9.17, 15) is 14.0 Å². The number of amides is 2. The van der Waals surface area contributed by atoms with Gasteiger partial charge in [-0.05, 0) is 55.7 Å². The van der Waals surface area contributed by atoms with Crippen LogP contribution in [0.2, 0.25) is 0 Å². The van der Waals surface area contributed by atoms with Gasteiger partial charge in [0.25, 0.3) is 5.91 Å². The van der Waals surface area contributed by atoms with Crippen LogP contribution >= 0.6 is 22.7 Å². The van der Waals surface area contributed by atoms with Crippen LogP contribution in [-0.2, 0) is 4.79 Å². The Morgan fingerprint density at radius 3 is 2.63 bits per heavy atom. The fourth-order valence-electron chi connectivity index (χ4n) is 2.58. The molecule has 0 radical (unpaired) electrons. The van der Waals surface area contributed by atoms with Gasteiger partial charge in [-0.25, -0.2) is 9.37 Å². The molecular weight excluding hydrogens is 385 g/mol. The summed E-state index contributed by atoms with van der Waals surface area (Å²) in [6.07, 6.45) is 1.87. The molecule has 3 aromatic rings. The molecule has 5 nitrogen and oxygen atoms in total. The van der Waals surface area contributed by atoms with Gasteiger partial charge in [0, 0.05) is 16.9 Å². The highest BCUT2D eigenvalue weighted by Gasteiger charge is 2.30. The topological polar surface area (TPSA) is 71.1 Å². The standard InChI is InChI=1S/C19H16FN3O2S2/c1-10-8-15(22-17(24)12-2-3-12)27-16(10)18(25)23-19-21-14(9-26-19)11-4-6-13(20)7-5-11/h4-9,12H,2-3H2,1H3,(H,22,24)(H,21,23,25). The molecule has 27 heavy (non-hydrogen) atoms. The van der Waals surface area contributed by atoms with Gasteiger partial charge in [-0.2, -0.15) is 0 Å². The molecule has 2 aromatic heterocycles. The van der Waals surface area contributed by atoms with Gasteiger partial charge in [-0.15, -0.1) is 22.7 Å². The van der Waals surface area contributed by atoms with Crippen molar-refractivity contribution in [2.75, 3.05) is 10.6 Å². The van der Waals surface area contributed by atoms with Crippen molar-refractivity contribution in [2.24, 2.45) is 5.92 Å². The van der Waals surface area contributed by atoms with Gasteiger partial charge >= 0.3 is 0 Å². The zero-order chi connectivity index (χ0) is 19.0. The lowest BCUT2D eigenvalue weighted by atomic mass is 10.2. The van der Waals surface area contributed by atoms with Crippen LogP contribution in [0.15, 0.2) is 35.7 Å². The summed E-state index contributed by atoms with van der Waals surface area (Å²) in [5.41, 5.74) is 2.26. The number of benzene rings is 1. The van der Waals surface area contributed by atoms with Crippen LogP contribution in [0.3, 0.4) is 0 Å². The molecule has 0 atom stereocenters. The molecule has 138 valence electrons. The minimum absolute atomic E-state index is 0.0204. The lowest BCUT2D eigenvalue weighted by Gasteiger charge is -2.01. The number of thiazole rings is 1. The number of hydrogen-bond acceptors (Lipinski definition) is 5. The molecular formula is C19H16FN3O2S2. The fourth-order valence-corrected chi connectivity index (χ4v) is 4.26. The van der Waals surface area contributed by atoms with E-state index >= 15 is 0 Å². The molecule has 0 spiro atoms. The Bertz CT molecular complexity index is 1010. The number of halogens is 1. The number of thiophene rings is 1. The number of carbonyl (C=O) groups excluding carboxylic acids is 2. The molecule has 1 saturated carbocycles. The van der Waals surface area contributed by atoms with E-state index in [0.717, 1.165) is 24.0 Å². The summed E-state index contributed by atoms with van der Waals surface area (Å²) in [6.45, 7) is 1.84. The zero-order valence-corrected chi connectivity index (χ0v) is 16.0. The number of hydrogen-bond donors (Lipinski definition) is 2. The van der Waals surface area contributed by atoms with Crippen LogP contribution in [0.5, 0.6) is 0 Å². The Labute approximate surface area is 163 Å². The fraction of sp³-hybridized carbons (Fsp3) is 0.211. The van der Waals surface area contributed by atoms with Crippen molar-refractivity contribution in [3.05, 3.63) is 52.0 Å². The number of carbonyl (C=O) groups is 2. The van der Waals surface area contributed by atoms with Gasteiger partial charge in [-0.1, -0.05) is 0 Å². The van der Waals surface area contributed by atoms with Crippen molar-refractivity contribution in [1.82, 2.24) is 4.98 Å². The first-order valence-corrected chi connectivity index (χ1v) is 10.1. The molecule has 1 fully saturated rings. The Morgan fingerprint density at radius 1 is 1.19 bits per heavy atom. The van der Waals surface area contributed by atoms with Crippen molar-refractivity contribution in [3.63, 3.8) is 0 Å². The highest BCUT2D eigenvalue weighted by molar-refractivity contribution is 7.18. The largest absolute Gasteiger partial charge is 0.317 e. The van der Waals surface area contributed by atoms with E-state index in [0.29, 0.717) is 20.7 Å². The van der Waals surface area contributed by atoms with Crippen molar-refractivity contribution in [3.8, 4) is 11.3 Å². The van der Waals surface area contributed by atoms with E-state index in [-0.39, 0.29) is 23.5 Å². The maximum absolute atomic E-state index is 13.0. The number of aryl methyl sites for hydroxylation is 1. The molecule has 0 saturated heterocycles. The molecule has 2 N–H and O–H groups in total. The summed E-state index contributed by atoms with van der Waals surface area (Å²) in [6, 6.07) is 7.85. The predicted molar refractivity (Wildman–Crippen MR) is 106 cm³/mol. The highest BCUT2D eigenvalue weighted by atomic mass is 32.1. The Morgan fingerprint density at radius 2 is 1.93 bits per heavy atom. The van der Waals surface area contributed by atoms with Crippen molar-refractivity contribution in [2.45, 2.75) is 19.8 Å². The van der Waals surface area contributed by atoms with Crippen molar-refractivity contribution >= 4 is 44.6 Å². The summed E-state index contributed by atoms with van der Waals surface area (Å²) < 4.78 is 13.0. The van der Waals surface area contributed by atoms with E-state index in [2.05, 4.69) is 15.6 Å².